The Morgan fingerprint density at radius 2 is 2.15 bits per heavy atom. The van der Waals surface area contributed by atoms with Crippen LogP contribution in [0.1, 0.15) is 17.3 Å². The average molecular weight is 296 g/mol. The fraction of sp³-hybridized carbons (Fsp3) is 0.333. The van der Waals surface area contributed by atoms with Gasteiger partial charge < -0.3 is 10.3 Å². The van der Waals surface area contributed by atoms with Gasteiger partial charge in [-0.1, -0.05) is 0 Å². The molecule has 7 nitrogen and oxygen atoms in total. The number of nitrogens with one attached hydrogen (secondary N) is 3. The molecule has 2 rings (SSSR count). The smallest absolute Gasteiger partial charge is 0.251 e. The minimum absolute atomic E-state index is 0.0252. The van der Waals surface area contributed by atoms with E-state index in [1.165, 1.54) is 0 Å². The zero-order valence-corrected chi connectivity index (χ0v) is 11.8. The standard InChI is InChI=1S/C12H16N4O3S/c1-2-20(18,19)16-6-5-13-12(17)9-3-4-10-11(7-9)15-8-14-10/h3-4,7-8,16H,2,5-6H2,1H3,(H,13,17)(H,14,15). The van der Waals surface area contributed by atoms with E-state index in [9.17, 15) is 13.2 Å². The second kappa shape index (κ2) is 6.02. The molecule has 1 aromatic carbocycles. The molecule has 2 aromatic rings. The van der Waals surface area contributed by atoms with Gasteiger partial charge in [-0.15, -0.1) is 0 Å². The molecule has 1 aromatic heterocycles. The number of hydrogen-bond acceptors (Lipinski definition) is 4. The van der Waals surface area contributed by atoms with E-state index in [2.05, 4.69) is 20.0 Å². The number of nitrogens with zero attached hydrogens (tertiary/aromatic N) is 1. The van der Waals surface area contributed by atoms with Crippen LogP contribution >= 0.6 is 0 Å². The van der Waals surface area contributed by atoms with E-state index in [0.29, 0.717) is 5.56 Å². The first-order valence-corrected chi connectivity index (χ1v) is 7.86. The van der Waals surface area contributed by atoms with E-state index in [1.54, 1.807) is 31.5 Å². The maximum absolute atomic E-state index is 11.9. The summed E-state index contributed by atoms with van der Waals surface area (Å²) in [5.74, 6) is -0.227. The molecule has 1 amide bonds. The van der Waals surface area contributed by atoms with E-state index in [0.717, 1.165) is 11.0 Å². The molecule has 3 N–H and O–H groups in total. The van der Waals surface area contributed by atoms with Crippen LogP contribution in [0.25, 0.3) is 11.0 Å². The van der Waals surface area contributed by atoms with E-state index >= 15 is 0 Å². The Morgan fingerprint density at radius 1 is 1.35 bits per heavy atom. The van der Waals surface area contributed by atoms with Crippen LogP contribution in [0.2, 0.25) is 0 Å². The van der Waals surface area contributed by atoms with E-state index in [-0.39, 0.29) is 24.7 Å². The van der Waals surface area contributed by atoms with Crippen LogP contribution in [0.3, 0.4) is 0 Å². The Kier molecular flexibility index (Phi) is 4.35. The van der Waals surface area contributed by atoms with Crippen molar-refractivity contribution in [3.05, 3.63) is 30.1 Å². The lowest BCUT2D eigenvalue weighted by molar-refractivity contribution is 0.0954. The van der Waals surface area contributed by atoms with E-state index in [4.69, 9.17) is 0 Å². The number of carbonyl (C=O) groups is 1. The summed E-state index contributed by atoms with van der Waals surface area (Å²) in [4.78, 5) is 18.9. The lowest BCUT2D eigenvalue weighted by atomic mass is 10.2. The quantitative estimate of drug-likeness (QED) is 0.664. The SMILES string of the molecule is CCS(=O)(=O)NCCNC(=O)c1ccc2nc[nH]c2c1. The van der Waals surface area contributed by atoms with Crippen molar-refractivity contribution in [2.45, 2.75) is 6.92 Å². The number of imidazole rings is 1. The number of fused-ring (bicyclic) bond motifs is 1. The monoisotopic (exact) mass is 296 g/mol. The zero-order valence-electron chi connectivity index (χ0n) is 11.0. The summed E-state index contributed by atoms with van der Waals surface area (Å²) in [6.45, 7) is 1.97. The van der Waals surface area contributed by atoms with Gasteiger partial charge in [-0.25, -0.2) is 18.1 Å². The summed E-state index contributed by atoms with van der Waals surface area (Å²) < 4.78 is 24.8. The molecule has 108 valence electrons. The Bertz CT molecular complexity index is 708. The number of amides is 1. The maximum atomic E-state index is 11.9. The molecular formula is C12H16N4O3S. The molecule has 0 aliphatic carbocycles. The van der Waals surface area contributed by atoms with Gasteiger partial charge in [-0.2, -0.15) is 0 Å². The summed E-state index contributed by atoms with van der Waals surface area (Å²) in [6.07, 6.45) is 1.56. The van der Waals surface area contributed by atoms with E-state index in [1.807, 2.05) is 0 Å². The molecule has 8 heteroatoms. The summed E-state index contributed by atoms with van der Waals surface area (Å²) in [5, 5.41) is 2.65. The normalized spacial score (nSPS) is 11.7. The molecule has 0 bridgehead atoms. The molecule has 1 heterocycles. The van der Waals surface area contributed by atoms with Gasteiger partial charge in [0.15, 0.2) is 0 Å². The first kappa shape index (κ1) is 14.5. The predicted molar refractivity (Wildman–Crippen MR) is 75.9 cm³/mol. The van der Waals surface area contributed by atoms with Crippen molar-refractivity contribution in [2.24, 2.45) is 0 Å². The van der Waals surface area contributed by atoms with Crippen molar-refractivity contribution in [1.29, 1.82) is 0 Å². The third-order valence-electron chi connectivity index (χ3n) is 2.80. The summed E-state index contributed by atoms with van der Waals surface area (Å²) in [6, 6.07) is 5.13. The largest absolute Gasteiger partial charge is 0.351 e. The Morgan fingerprint density at radius 3 is 2.90 bits per heavy atom. The molecule has 0 saturated carbocycles. The third kappa shape index (κ3) is 3.55. The fourth-order valence-electron chi connectivity index (χ4n) is 1.66. The molecule has 0 unspecified atom stereocenters. The fourth-order valence-corrected chi connectivity index (χ4v) is 2.28. The first-order valence-electron chi connectivity index (χ1n) is 6.20. The summed E-state index contributed by atoms with van der Waals surface area (Å²) in [5.41, 5.74) is 2.07. The van der Waals surface area contributed by atoms with Crippen LogP contribution in [-0.2, 0) is 10.0 Å². The van der Waals surface area contributed by atoms with Crippen molar-refractivity contribution in [2.75, 3.05) is 18.8 Å². The van der Waals surface area contributed by atoms with Crippen LogP contribution in [0, 0.1) is 0 Å². The van der Waals surface area contributed by atoms with Crippen LogP contribution in [0.5, 0.6) is 0 Å². The zero-order chi connectivity index (χ0) is 14.6. The average Bonchev–Trinajstić information content (AvgIpc) is 2.90. The number of hydrogen-bond donors (Lipinski definition) is 3. The molecule has 0 aliphatic rings. The van der Waals surface area contributed by atoms with Crippen molar-refractivity contribution in [3.63, 3.8) is 0 Å². The summed E-state index contributed by atoms with van der Waals surface area (Å²) >= 11 is 0. The number of sulfonamides is 1. The van der Waals surface area contributed by atoms with Gasteiger partial charge in [0, 0.05) is 18.7 Å². The van der Waals surface area contributed by atoms with Gasteiger partial charge in [-0.05, 0) is 25.1 Å². The highest BCUT2D eigenvalue weighted by atomic mass is 32.2. The van der Waals surface area contributed by atoms with Crippen molar-refractivity contribution in [1.82, 2.24) is 20.0 Å². The minimum atomic E-state index is -3.22. The number of H-pyrrole nitrogens is 1. The highest BCUT2D eigenvalue weighted by Crippen LogP contribution is 2.11. The van der Waals surface area contributed by atoms with Gasteiger partial charge in [0.25, 0.3) is 5.91 Å². The predicted octanol–water partition coefficient (Wildman–Crippen LogP) is 0.232. The second-order valence-electron chi connectivity index (χ2n) is 4.19. The number of aromatic amines is 1. The molecule has 20 heavy (non-hydrogen) atoms. The Balaban J connectivity index is 1.88. The number of benzene rings is 1. The molecule has 0 fully saturated rings. The molecular weight excluding hydrogens is 280 g/mol. The molecule has 0 aliphatic heterocycles. The molecule has 0 saturated heterocycles. The summed E-state index contributed by atoms with van der Waals surface area (Å²) in [7, 11) is -3.22. The lowest BCUT2D eigenvalue weighted by Gasteiger charge is -2.06. The Hall–Kier alpha value is -1.93. The topological polar surface area (TPSA) is 104 Å². The second-order valence-corrected chi connectivity index (χ2v) is 6.28. The van der Waals surface area contributed by atoms with Gasteiger partial charge in [0.1, 0.15) is 0 Å². The van der Waals surface area contributed by atoms with Gasteiger partial charge in [0.2, 0.25) is 10.0 Å². The third-order valence-corrected chi connectivity index (χ3v) is 4.20. The van der Waals surface area contributed by atoms with Gasteiger partial charge >= 0.3 is 0 Å². The maximum Gasteiger partial charge on any atom is 0.251 e. The van der Waals surface area contributed by atoms with Crippen LogP contribution in [-0.4, -0.2) is 43.1 Å². The first-order chi connectivity index (χ1) is 9.52. The van der Waals surface area contributed by atoms with Crippen molar-refractivity contribution in [3.8, 4) is 0 Å². The highest BCUT2D eigenvalue weighted by Gasteiger charge is 2.08. The number of rotatable bonds is 6. The number of carbonyl (C=O) groups excluding carboxylic acids is 1. The molecule has 0 radical (unpaired) electrons. The minimum Gasteiger partial charge on any atom is -0.351 e. The van der Waals surface area contributed by atoms with Crippen LogP contribution < -0.4 is 10.0 Å². The number of aromatic nitrogens is 2. The Labute approximate surface area is 116 Å². The highest BCUT2D eigenvalue weighted by molar-refractivity contribution is 7.89. The lowest BCUT2D eigenvalue weighted by Crippen LogP contribution is -2.35. The van der Waals surface area contributed by atoms with Gasteiger partial charge in [0.05, 0.1) is 23.1 Å². The van der Waals surface area contributed by atoms with Crippen molar-refractivity contribution < 1.29 is 13.2 Å². The molecule has 0 atom stereocenters. The van der Waals surface area contributed by atoms with Crippen LogP contribution in [0.4, 0.5) is 0 Å². The van der Waals surface area contributed by atoms with Crippen LogP contribution in [0.15, 0.2) is 24.5 Å². The van der Waals surface area contributed by atoms with Crippen molar-refractivity contribution >= 4 is 27.0 Å². The van der Waals surface area contributed by atoms with E-state index < -0.39 is 10.0 Å². The van der Waals surface area contributed by atoms with Gasteiger partial charge in [-0.3, -0.25) is 4.79 Å². The molecule has 0 spiro atoms.